The molecule has 1 aromatic carbocycles. The maximum atomic E-state index is 14.0. The summed E-state index contributed by atoms with van der Waals surface area (Å²) in [5.74, 6) is -0.0321. The van der Waals surface area contributed by atoms with Crippen molar-refractivity contribution in [3.05, 3.63) is 29.6 Å². The average molecular weight is 310 g/mol. The van der Waals surface area contributed by atoms with Gasteiger partial charge in [-0.3, -0.25) is 0 Å². The van der Waals surface area contributed by atoms with Gasteiger partial charge in [0.15, 0.2) is 0 Å². The summed E-state index contributed by atoms with van der Waals surface area (Å²) in [5.41, 5.74) is 0.310. The minimum Gasteiger partial charge on any atom is -0.496 e. The predicted octanol–water partition coefficient (Wildman–Crippen LogP) is 2.50. The van der Waals surface area contributed by atoms with Crippen LogP contribution in [-0.4, -0.2) is 30.4 Å². The topological polar surface area (TPSA) is 70.6 Å². The van der Waals surface area contributed by atoms with E-state index in [9.17, 15) is 14.3 Å². The van der Waals surface area contributed by atoms with E-state index in [-0.39, 0.29) is 6.04 Å². The zero-order valence-corrected chi connectivity index (χ0v) is 12.9. The first-order valence-electron chi connectivity index (χ1n) is 7.60. The minimum absolute atomic E-state index is 0.247. The molecule has 5 nitrogen and oxygen atoms in total. The number of hydrogen-bond acceptors (Lipinski definition) is 3. The molecule has 3 atom stereocenters. The Morgan fingerprint density at radius 1 is 1.41 bits per heavy atom. The van der Waals surface area contributed by atoms with Gasteiger partial charge in [0.2, 0.25) is 0 Å². The third-order valence-corrected chi connectivity index (χ3v) is 4.06. The molecule has 1 aliphatic carbocycles. The SMILES string of the molecule is COc1cccc(F)c1C(C)NC(=O)NC1CCCCC1O. The van der Waals surface area contributed by atoms with Crippen LogP contribution in [0.2, 0.25) is 0 Å². The fraction of sp³-hybridized carbons (Fsp3) is 0.562. The quantitative estimate of drug-likeness (QED) is 0.800. The molecular weight excluding hydrogens is 287 g/mol. The summed E-state index contributed by atoms with van der Waals surface area (Å²) in [6.07, 6.45) is 2.90. The van der Waals surface area contributed by atoms with Crippen molar-refractivity contribution >= 4 is 6.03 Å². The number of carbonyl (C=O) groups is 1. The summed E-state index contributed by atoms with van der Waals surface area (Å²) >= 11 is 0. The number of benzene rings is 1. The maximum absolute atomic E-state index is 14.0. The molecule has 3 N–H and O–H groups in total. The number of ether oxygens (including phenoxy) is 1. The molecule has 1 aliphatic rings. The van der Waals surface area contributed by atoms with Crippen LogP contribution in [0.1, 0.15) is 44.2 Å². The number of amides is 2. The predicted molar refractivity (Wildman–Crippen MR) is 81.3 cm³/mol. The van der Waals surface area contributed by atoms with Gasteiger partial charge in [0.25, 0.3) is 0 Å². The standard InChI is InChI=1S/C16H23FN2O3/c1-10(15-11(17)6-5-9-14(15)22-2)18-16(21)19-12-7-3-4-8-13(12)20/h5-6,9-10,12-13,20H,3-4,7-8H2,1-2H3,(H2,18,19,21). The lowest BCUT2D eigenvalue weighted by molar-refractivity contribution is 0.0940. The number of aliphatic hydroxyl groups is 1. The molecule has 0 aromatic heterocycles. The first-order chi connectivity index (χ1) is 10.5. The Balaban J connectivity index is 1.99. The van der Waals surface area contributed by atoms with Crippen molar-refractivity contribution in [2.75, 3.05) is 7.11 Å². The molecule has 0 saturated heterocycles. The van der Waals surface area contributed by atoms with Gasteiger partial charge in [-0.25, -0.2) is 9.18 Å². The van der Waals surface area contributed by atoms with Crippen LogP contribution in [0.25, 0.3) is 0 Å². The van der Waals surface area contributed by atoms with E-state index in [2.05, 4.69) is 10.6 Å². The Morgan fingerprint density at radius 2 is 2.14 bits per heavy atom. The lowest BCUT2D eigenvalue weighted by Gasteiger charge is -2.29. The maximum Gasteiger partial charge on any atom is 0.315 e. The first kappa shape index (κ1) is 16.5. The van der Waals surface area contributed by atoms with Crippen molar-refractivity contribution in [3.63, 3.8) is 0 Å². The van der Waals surface area contributed by atoms with Crippen LogP contribution in [0, 0.1) is 5.82 Å². The van der Waals surface area contributed by atoms with Gasteiger partial charge in [0.05, 0.1) is 30.9 Å². The molecule has 1 saturated carbocycles. The van der Waals surface area contributed by atoms with Gasteiger partial charge >= 0.3 is 6.03 Å². The number of aliphatic hydroxyl groups excluding tert-OH is 1. The molecule has 1 aromatic rings. The second kappa shape index (κ2) is 7.45. The van der Waals surface area contributed by atoms with Crippen LogP contribution >= 0.6 is 0 Å². The smallest absolute Gasteiger partial charge is 0.315 e. The Bertz CT molecular complexity index is 524. The van der Waals surface area contributed by atoms with Crippen molar-refractivity contribution in [1.82, 2.24) is 10.6 Å². The Hall–Kier alpha value is -1.82. The number of rotatable bonds is 4. The summed E-state index contributed by atoms with van der Waals surface area (Å²) in [7, 11) is 1.46. The monoisotopic (exact) mass is 310 g/mol. The summed E-state index contributed by atoms with van der Waals surface area (Å²) in [6.45, 7) is 1.69. The van der Waals surface area contributed by atoms with Crippen LogP contribution in [0.15, 0.2) is 18.2 Å². The van der Waals surface area contributed by atoms with Crippen molar-refractivity contribution in [1.29, 1.82) is 0 Å². The summed E-state index contributed by atoms with van der Waals surface area (Å²) in [5, 5.41) is 15.3. The second-order valence-corrected chi connectivity index (χ2v) is 5.65. The van der Waals surface area contributed by atoms with Crippen molar-refractivity contribution in [2.24, 2.45) is 0 Å². The van der Waals surface area contributed by atoms with Crippen LogP contribution < -0.4 is 15.4 Å². The van der Waals surface area contributed by atoms with Gasteiger partial charge in [0, 0.05) is 0 Å². The second-order valence-electron chi connectivity index (χ2n) is 5.65. The lowest BCUT2D eigenvalue weighted by atomic mass is 9.93. The van der Waals surface area contributed by atoms with E-state index in [1.165, 1.54) is 13.2 Å². The zero-order chi connectivity index (χ0) is 16.1. The van der Waals surface area contributed by atoms with Gasteiger partial charge in [-0.05, 0) is 31.9 Å². The fourth-order valence-electron chi connectivity index (χ4n) is 2.87. The molecule has 1 fully saturated rings. The molecule has 122 valence electrons. The number of carbonyl (C=O) groups excluding carboxylic acids is 1. The van der Waals surface area contributed by atoms with Gasteiger partial charge in [-0.2, -0.15) is 0 Å². The van der Waals surface area contributed by atoms with E-state index in [0.717, 1.165) is 19.3 Å². The number of halogens is 1. The molecule has 22 heavy (non-hydrogen) atoms. The largest absolute Gasteiger partial charge is 0.496 e. The third-order valence-electron chi connectivity index (χ3n) is 4.06. The molecular formula is C16H23FN2O3. The molecule has 2 rings (SSSR count). The van der Waals surface area contributed by atoms with E-state index in [1.54, 1.807) is 19.1 Å². The zero-order valence-electron chi connectivity index (χ0n) is 12.9. The highest BCUT2D eigenvalue weighted by Crippen LogP contribution is 2.27. The van der Waals surface area contributed by atoms with Crippen LogP contribution in [-0.2, 0) is 0 Å². The summed E-state index contributed by atoms with van der Waals surface area (Å²) < 4.78 is 19.1. The minimum atomic E-state index is -0.545. The Kier molecular flexibility index (Phi) is 5.60. The van der Waals surface area contributed by atoms with Crippen LogP contribution in [0.3, 0.4) is 0 Å². The van der Waals surface area contributed by atoms with Crippen molar-refractivity contribution < 1.29 is 19.0 Å². The highest BCUT2D eigenvalue weighted by atomic mass is 19.1. The first-order valence-corrected chi connectivity index (χ1v) is 7.60. The number of nitrogens with one attached hydrogen (secondary N) is 2. The van der Waals surface area contributed by atoms with Gasteiger partial charge < -0.3 is 20.5 Å². The normalized spacial score (nSPS) is 22.7. The van der Waals surface area contributed by atoms with E-state index >= 15 is 0 Å². The van der Waals surface area contributed by atoms with Gasteiger partial charge in [0.1, 0.15) is 11.6 Å². The van der Waals surface area contributed by atoms with E-state index in [1.807, 2.05) is 0 Å². The van der Waals surface area contributed by atoms with Crippen molar-refractivity contribution in [3.8, 4) is 5.75 Å². The molecule has 6 heteroatoms. The molecule has 2 amide bonds. The summed E-state index contributed by atoms with van der Waals surface area (Å²) in [6, 6.07) is 3.34. The van der Waals surface area contributed by atoms with E-state index < -0.39 is 24.0 Å². The number of urea groups is 1. The van der Waals surface area contributed by atoms with Crippen LogP contribution in [0.4, 0.5) is 9.18 Å². The van der Waals surface area contributed by atoms with Crippen LogP contribution in [0.5, 0.6) is 5.75 Å². The third kappa shape index (κ3) is 3.88. The van der Waals surface area contributed by atoms with Crippen molar-refractivity contribution in [2.45, 2.75) is 50.8 Å². The van der Waals surface area contributed by atoms with Gasteiger partial charge in [-0.1, -0.05) is 18.9 Å². The Labute approximate surface area is 129 Å². The number of methoxy groups -OCH3 is 1. The highest BCUT2D eigenvalue weighted by molar-refractivity contribution is 5.75. The highest BCUT2D eigenvalue weighted by Gasteiger charge is 2.25. The van der Waals surface area contributed by atoms with E-state index in [0.29, 0.717) is 17.7 Å². The fourth-order valence-corrected chi connectivity index (χ4v) is 2.87. The molecule has 0 spiro atoms. The number of hydrogen-bond donors (Lipinski definition) is 3. The Morgan fingerprint density at radius 3 is 2.82 bits per heavy atom. The average Bonchev–Trinajstić information content (AvgIpc) is 2.49. The van der Waals surface area contributed by atoms with Gasteiger partial charge in [-0.15, -0.1) is 0 Å². The molecule has 0 aliphatic heterocycles. The molecule has 0 bridgehead atoms. The molecule has 3 unspecified atom stereocenters. The molecule has 0 radical (unpaired) electrons. The van der Waals surface area contributed by atoms with E-state index in [4.69, 9.17) is 4.74 Å². The summed E-state index contributed by atoms with van der Waals surface area (Å²) in [4.78, 5) is 12.1. The lowest BCUT2D eigenvalue weighted by Crippen LogP contribution is -2.49. The molecule has 0 heterocycles.